The van der Waals surface area contributed by atoms with Crippen molar-refractivity contribution in [2.45, 2.75) is 0 Å². The lowest BCUT2D eigenvalue weighted by atomic mass is 10.9. The summed E-state index contributed by atoms with van der Waals surface area (Å²) in [7, 11) is 1.50. The molecule has 0 saturated carbocycles. The van der Waals surface area contributed by atoms with Gasteiger partial charge in [0.15, 0.2) is 5.13 Å². The summed E-state index contributed by atoms with van der Waals surface area (Å²) in [5.41, 5.74) is 4.88. The zero-order chi connectivity index (χ0) is 9.68. The van der Waals surface area contributed by atoms with E-state index in [1.54, 1.807) is 0 Å². The average Bonchev–Trinajstić information content (AvgIpc) is 2.61. The van der Waals surface area contributed by atoms with Crippen LogP contribution in [0.2, 0.25) is 0 Å². The van der Waals surface area contributed by atoms with Gasteiger partial charge in [0.25, 0.3) is 5.00 Å². The van der Waals surface area contributed by atoms with E-state index in [9.17, 15) is 4.79 Å². The number of urea groups is 1. The predicted octanol–water partition coefficient (Wildman–Crippen LogP) is 0.950. The molecule has 1 aromatic rings. The zero-order valence-corrected chi connectivity index (χ0v) is 7.60. The first kappa shape index (κ1) is 9.28. The Morgan fingerprint density at radius 3 is 3.08 bits per heavy atom. The van der Waals surface area contributed by atoms with Gasteiger partial charge in [0, 0.05) is 13.2 Å². The van der Waals surface area contributed by atoms with Crippen molar-refractivity contribution >= 4 is 27.5 Å². The van der Waals surface area contributed by atoms with Crippen molar-refractivity contribution in [2.24, 2.45) is 0 Å². The highest BCUT2D eigenvalue weighted by atomic mass is 32.1. The van der Waals surface area contributed by atoms with Gasteiger partial charge in [-0.1, -0.05) is 0 Å². The van der Waals surface area contributed by atoms with E-state index in [0.29, 0.717) is 10.1 Å². The van der Waals surface area contributed by atoms with E-state index in [2.05, 4.69) is 26.0 Å². The van der Waals surface area contributed by atoms with Gasteiger partial charge < -0.3 is 5.32 Å². The third-order valence-electron chi connectivity index (χ3n) is 1.11. The summed E-state index contributed by atoms with van der Waals surface area (Å²) in [5, 5.41) is 3.31. The summed E-state index contributed by atoms with van der Waals surface area (Å²) in [6.45, 7) is 6.68. The van der Waals surface area contributed by atoms with Crippen LogP contribution >= 0.6 is 11.3 Å². The molecule has 1 heterocycles. The number of hydrazine groups is 1. The van der Waals surface area contributed by atoms with Gasteiger partial charge in [-0.05, 0) is 0 Å². The zero-order valence-electron chi connectivity index (χ0n) is 6.79. The molecule has 1 aromatic heterocycles. The lowest BCUT2D eigenvalue weighted by Crippen LogP contribution is -2.36. The largest absolute Gasteiger partial charge is 0.340 e. The van der Waals surface area contributed by atoms with Gasteiger partial charge in [-0.25, -0.2) is 20.0 Å². The molecular weight excluding hydrogens is 190 g/mol. The molecule has 0 atom stereocenters. The van der Waals surface area contributed by atoms with Crippen LogP contribution in [-0.2, 0) is 0 Å². The molecule has 0 aliphatic carbocycles. The molecule has 0 bridgehead atoms. The number of rotatable bonds is 2. The molecule has 0 radical (unpaired) electrons. The number of amides is 2. The Morgan fingerprint density at radius 1 is 1.77 bits per heavy atom. The average molecular weight is 197 g/mol. The highest BCUT2D eigenvalue weighted by molar-refractivity contribution is 7.19. The van der Waals surface area contributed by atoms with Crippen LogP contribution in [0.25, 0.3) is 4.85 Å². The van der Waals surface area contributed by atoms with Crippen molar-refractivity contribution in [2.75, 3.05) is 12.5 Å². The molecule has 68 valence electrons. The van der Waals surface area contributed by atoms with E-state index in [4.69, 9.17) is 6.57 Å². The number of hydrogen-bond donors (Lipinski definition) is 3. The fourth-order valence-electron chi connectivity index (χ4n) is 0.548. The van der Waals surface area contributed by atoms with Gasteiger partial charge in [0.1, 0.15) is 0 Å². The molecule has 1 rings (SSSR count). The highest BCUT2D eigenvalue weighted by Crippen LogP contribution is 2.24. The molecule has 0 unspecified atom stereocenters. The van der Waals surface area contributed by atoms with Crippen LogP contribution in [0.5, 0.6) is 0 Å². The Hall–Kier alpha value is -1.81. The molecule has 0 aromatic carbocycles. The van der Waals surface area contributed by atoms with Crippen molar-refractivity contribution in [1.82, 2.24) is 15.7 Å². The number of anilines is 1. The van der Waals surface area contributed by atoms with Gasteiger partial charge in [0.05, 0.1) is 6.57 Å². The van der Waals surface area contributed by atoms with Crippen LogP contribution in [0.4, 0.5) is 14.9 Å². The standard InChI is InChI=1S/C6H7N5OS/c1-7-4-3-9-6(13-4)11-10-5(12)8-2/h3H,2H3,(H,9,11)(H2,8,10,12). The first-order chi connectivity index (χ1) is 6.26. The van der Waals surface area contributed by atoms with Crippen molar-refractivity contribution in [3.05, 3.63) is 17.6 Å². The number of aromatic nitrogens is 1. The summed E-state index contributed by atoms with van der Waals surface area (Å²) in [6, 6.07) is -0.362. The smallest absolute Gasteiger partial charge is 0.333 e. The van der Waals surface area contributed by atoms with E-state index in [-0.39, 0.29) is 6.03 Å². The first-order valence-electron chi connectivity index (χ1n) is 3.33. The minimum atomic E-state index is -0.362. The first-order valence-corrected chi connectivity index (χ1v) is 4.15. The van der Waals surface area contributed by atoms with Crippen LogP contribution in [0.15, 0.2) is 6.20 Å². The minimum absolute atomic E-state index is 0.362. The maximum absolute atomic E-state index is 10.7. The molecule has 7 heteroatoms. The van der Waals surface area contributed by atoms with Crippen molar-refractivity contribution < 1.29 is 4.79 Å². The van der Waals surface area contributed by atoms with E-state index in [1.165, 1.54) is 24.6 Å². The SMILES string of the molecule is [C-]#[N+]c1cnc(NNC(=O)NC)s1. The Morgan fingerprint density at radius 2 is 2.54 bits per heavy atom. The number of hydrogen-bond acceptors (Lipinski definition) is 4. The van der Waals surface area contributed by atoms with Gasteiger partial charge in [0.2, 0.25) is 0 Å². The van der Waals surface area contributed by atoms with Crippen molar-refractivity contribution in [1.29, 1.82) is 0 Å². The molecule has 13 heavy (non-hydrogen) atoms. The quantitative estimate of drug-likeness (QED) is 0.488. The number of nitrogens with zero attached hydrogens (tertiary/aromatic N) is 2. The summed E-state index contributed by atoms with van der Waals surface area (Å²) in [5.74, 6) is 0. The maximum Gasteiger partial charge on any atom is 0.333 e. The number of nitrogens with one attached hydrogen (secondary N) is 3. The summed E-state index contributed by atoms with van der Waals surface area (Å²) in [4.78, 5) is 17.7. The fourth-order valence-corrected chi connectivity index (χ4v) is 1.10. The maximum atomic E-state index is 10.7. The molecule has 0 aliphatic heterocycles. The van der Waals surface area contributed by atoms with Crippen molar-refractivity contribution in [3.63, 3.8) is 0 Å². The molecule has 0 spiro atoms. The van der Waals surface area contributed by atoms with Crippen molar-refractivity contribution in [3.8, 4) is 0 Å². The van der Waals surface area contributed by atoms with Gasteiger partial charge in [-0.15, -0.1) is 11.3 Å². The van der Waals surface area contributed by atoms with E-state index in [0.717, 1.165) is 0 Å². The number of thiazole rings is 1. The second-order valence-electron chi connectivity index (χ2n) is 1.94. The van der Waals surface area contributed by atoms with Crippen LogP contribution in [0.3, 0.4) is 0 Å². The molecule has 0 saturated heterocycles. The van der Waals surface area contributed by atoms with Crippen LogP contribution in [-0.4, -0.2) is 18.1 Å². The summed E-state index contributed by atoms with van der Waals surface area (Å²) >= 11 is 1.17. The summed E-state index contributed by atoms with van der Waals surface area (Å²) < 4.78 is 0. The number of carbonyl (C=O) groups is 1. The van der Waals surface area contributed by atoms with E-state index < -0.39 is 0 Å². The molecule has 0 fully saturated rings. The third kappa shape index (κ3) is 2.61. The normalized spacial score (nSPS) is 8.62. The molecular formula is C6H7N5OS. The Bertz CT molecular complexity index is 341. The minimum Gasteiger partial charge on any atom is -0.340 e. The van der Waals surface area contributed by atoms with Crippen LogP contribution < -0.4 is 16.2 Å². The third-order valence-corrected chi connectivity index (χ3v) is 1.92. The highest BCUT2D eigenvalue weighted by Gasteiger charge is 2.00. The van der Waals surface area contributed by atoms with Gasteiger partial charge >= 0.3 is 6.03 Å². The molecule has 2 amide bonds. The van der Waals surface area contributed by atoms with E-state index >= 15 is 0 Å². The molecule has 6 nitrogen and oxygen atoms in total. The second-order valence-corrected chi connectivity index (χ2v) is 2.95. The Labute approximate surface area is 78.8 Å². The molecule has 0 aliphatic rings. The topological polar surface area (TPSA) is 70.4 Å². The Kier molecular flexibility index (Phi) is 3.05. The second kappa shape index (κ2) is 4.27. The van der Waals surface area contributed by atoms with Crippen LogP contribution in [0, 0.1) is 6.57 Å². The van der Waals surface area contributed by atoms with Crippen LogP contribution in [0.1, 0.15) is 0 Å². The monoisotopic (exact) mass is 197 g/mol. The van der Waals surface area contributed by atoms with Gasteiger partial charge in [-0.2, -0.15) is 0 Å². The number of carbonyl (C=O) groups excluding carboxylic acids is 1. The lowest BCUT2D eigenvalue weighted by Gasteiger charge is -2.03. The van der Waals surface area contributed by atoms with E-state index in [1.807, 2.05) is 0 Å². The summed E-state index contributed by atoms with van der Waals surface area (Å²) in [6.07, 6.45) is 1.44. The lowest BCUT2D eigenvalue weighted by molar-refractivity contribution is 0.245. The molecule has 3 N–H and O–H groups in total. The predicted molar refractivity (Wildman–Crippen MR) is 49.6 cm³/mol. The Balaban J connectivity index is 2.46. The van der Waals surface area contributed by atoms with Gasteiger partial charge in [-0.3, -0.25) is 5.43 Å². The fraction of sp³-hybridized carbons (Fsp3) is 0.167.